The summed E-state index contributed by atoms with van der Waals surface area (Å²) in [4.78, 5) is 22.6. The molecule has 0 aromatic heterocycles. The molecular formula is C10H17F3N2O3. The molecule has 1 amide bonds. The molecular weight excluding hydrogens is 253 g/mol. The number of carbonyl (C=O) groups is 2. The van der Waals surface area contributed by atoms with Crippen LogP contribution in [0.1, 0.15) is 20.8 Å². The zero-order valence-electron chi connectivity index (χ0n) is 10.4. The van der Waals surface area contributed by atoms with Gasteiger partial charge in [-0.3, -0.25) is 9.69 Å². The molecule has 8 heteroatoms. The third-order valence-electron chi connectivity index (χ3n) is 2.21. The Morgan fingerprint density at radius 3 is 2.11 bits per heavy atom. The fraction of sp³-hybridized carbons (Fsp3) is 0.800. The number of nitrogens with one attached hydrogen (secondary N) is 1. The van der Waals surface area contributed by atoms with Crippen LogP contribution in [0.15, 0.2) is 0 Å². The van der Waals surface area contributed by atoms with E-state index >= 15 is 0 Å². The number of halogens is 3. The fourth-order valence-corrected chi connectivity index (χ4v) is 1.35. The lowest BCUT2D eigenvalue weighted by atomic mass is 10.2. The fourth-order valence-electron chi connectivity index (χ4n) is 1.35. The third-order valence-corrected chi connectivity index (χ3v) is 2.21. The van der Waals surface area contributed by atoms with Gasteiger partial charge in [-0.25, -0.2) is 4.79 Å². The molecule has 18 heavy (non-hydrogen) atoms. The van der Waals surface area contributed by atoms with Crippen LogP contribution in [0.3, 0.4) is 0 Å². The Labute approximate surface area is 103 Å². The first kappa shape index (κ1) is 16.7. The zero-order chi connectivity index (χ0) is 14.5. The second-order valence-corrected chi connectivity index (χ2v) is 4.23. The van der Waals surface area contributed by atoms with E-state index in [0.29, 0.717) is 0 Å². The summed E-state index contributed by atoms with van der Waals surface area (Å²) in [5.74, 6) is -1.96. The molecule has 0 radical (unpaired) electrons. The number of amides is 1. The van der Waals surface area contributed by atoms with Crippen LogP contribution in [0.25, 0.3) is 0 Å². The second kappa shape index (κ2) is 6.58. The summed E-state index contributed by atoms with van der Waals surface area (Å²) in [6, 6.07) is -1.84. The quantitative estimate of drug-likeness (QED) is 0.750. The summed E-state index contributed by atoms with van der Waals surface area (Å²) in [6.07, 6.45) is -4.41. The van der Waals surface area contributed by atoms with Crippen LogP contribution in [0.4, 0.5) is 13.2 Å². The van der Waals surface area contributed by atoms with E-state index < -0.39 is 43.2 Å². The second-order valence-electron chi connectivity index (χ2n) is 4.23. The Balaban J connectivity index is 4.71. The van der Waals surface area contributed by atoms with E-state index in [4.69, 9.17) is 5.11 Å². The Kier molecular flexibility index (Phi) is 6.10. The minimum atomic E-state index is -4.41. The van der Waals surface area contributed by atoms with Crippen LogP contribution < -0.4 is 5.32 Å². The summed E-state index contributed by atoms with van der Waals surface area (Å²) in [7, 11) is 0. The van der Waals surface area contributed by atoms with E-state index in [9.17, 15) is 22.8 Å². The molecule has 0 aromatic rings. The van der Waals surface area contributed by atoms with Gasteiger partial charge in [0.1, 0.15) is 6.04 Å². The maximum absolute atomic E-state index is 12.3. The Hall–Kier alpha value is -1.31. The molecule has 5 nitrogen and oxygen atoms in total. The van der Waals surface area contributed by atoms with Crippen molar-refractivity contribution in [2.45, 2.75) is 39.0 Å². The number of aliphatic carboxylic acids is 1. The van der Waals surface area contributed by atoms with Gasteiger partial charge >= 0.3 is 12.1 Å². The number of carboxylic acid groups (broad SMARTS) is 1. The molecule has 0 fully saturated rings. The lowest BCUT2D eigenvalue weighted by Gasteiger charge is -2.29. The highest BCUT2D eigenvalue weighted by atomic mass is 19.4. The predicted octanol–water partition coefficient (Wildman–Crippen LogP) is 0.848. The maximum atomic E-state index is 12.3. The number of alkyl halides is 3. The van der Waals surface area contributed by atoms with E-state index in [2.05, 4.69) is 5.32 Å². The molecule has 0 aliphatic rings. The SMILES string of the molecule is CC(=O)NC(CN(CC(F)(F)F)C(C)C)C(=O)O. The van der Waals surface area contributed by atoms with E-state index in [1.165, 1.54) is 13.8 Å². The first-order valence-electron chi connectivity index (χ1n) is 5.33. The van der Waals surface area contributed by atoms with Gasteiger partial charge in [-0.05, 0) is 13.8 Å². The molecule has 0 aromatic carbocycles. The number of hydrogen-bond donors (Lipinski definition) is 2. The van der Waals surface area contributed by atoms with Crippen molar-refractivity contribution in [3.63, 3.8) is 0 Å². The van der Waals surface area contributed by atoms with Crippen LogP contribution in [0, 0.1) is 0 Å². The summed E-state index contributed by atoms with van der Waals surface area (Å²) in [5.41, 5.74) is 0. The van der Waals surface area contributed by atoms with Crippen molar-refractivity contribution in [3.8, 4) is 0 Å². The molecule has 0 aliphatic heterocycles. The molecule has 1 atom stereocenters. The first-order valence-corrected chi connectivity index (χ1v) is 5.33. The van der Waals surface area contributed by atoms with Crippen molar-refractivity contribution in [3.05, 3.63) is 0 Å². The van der Waals surface area contributed by atoms with Gasteiger partial charge in [0.2, 0.25) is 5.91 Å². The number of nitrogens with zero attached hydrogens (tertiary/aromatic N) is 1. The minimum Gasteiger partial charge on any atom is -0.480 e. The summed E-state index contributed by atoms with van der Waals surface area (Å²) in [5, 5.41) is 10.9. The van der Waals surface area contributed by atoms with E-state index in [0.717, 1.165) is 11.8 Å². The monoisotopic (exact) mass is 270 g/mol. The highest BCUT2D eigenvalue weighted by molar-refractivity contribution is 5.82. The van der Waals surface area contributed by atoms with Crippen LogP contribution in [-0.2, 0) is 9.59 Å². The van der Waals surface area contributed by atoms with Crippen LogP contribution in [-0.4, -0.2) is 53.2 Å². The van der Waals surface area contributed by atoms with Gasteiger partial charge in [-0.1, -0.05) is 0 Å². The average Bonchev–Trinajstić information content (AvgIpc) is 2.12. The van der Waals surface area contributed by atoms with Gasteiger partial charge in [0, 0.05) is 19.5 Å². The number of hydrogen-bond acceptors (Lipinski definition) is 3. The van der Waals surface area contributed by atoms with E-state index in [-0.39, 0.29) is 0 Å². The summed E-state index contributed by atoms with van der Waals surface area (Å²) < 4.78 is 36.9. The Bertz CT molecular complexity index is 305. The van der Waals surface area contributed by atoms with Crippen molar-refractivity contribution in [1.82, 2.24) is 10.2 Å². The lowest BCUT2D eigenvalue weighted by Crippen LogP contribution is -2.51. The molecule has 0 spiro atoms. The molecule has 0 aliphatic carbocycles. The predicted molar refractivity (Wildman–Crippen MR) is 58.0 cm³/mol. The van der Waals surface area contributed by atoms with Crippen LogP contribution in [0.5, 0.6) is 0 Å². The van der Waals surface area contributed by atoms with Crippen molar-refractivity contribution >= 4 is 11.9 Å². The largest absolute Gasteiger partial charge is 0.480 e. The first-order chi connectivity index (χ1) is 8.03. The van der Waals surface area contributed by atoms with Crippen molar-refractivity contribution in [2.24, 2.45) is 0 Å². The average molecular weight is 270 g/mol. The maximum Gasteiger partial charge on any atom is 0.401 e. The van der Waals surface area contributed by atoms with Gasteiger partial charge in [-0.15, -0.1) is 0 Å². The van der Waals surface area contributed by atoms with Gasteiger partial charge in [0.25, 0.3) is 0 Å². The van der Waals surface area contributed by atoms with Gasteiger partial charge in [0.05, 0.1) is 6.54 Å². The normalized spacial score (nSPS) is 13.8. The minimum absolute atomic E-state index is 0.397. The topological polar surface area (TPSA) is 69.6 Å². The third kappa shape index (κ3) is 7.10. The van der Waals surface area contributed by atoms with E-state index in [1.54, 1.807) is 0 Å². The molecule has 106 valence electrons. The number of rotatable bonds is 6. The van der Waals surface area contributed by atoms with Gasteiger partial charge in [-0.2, -0.15) is 13.2 Å². The smallest absolute Gasteiger partial charge is 0.401 e. The summed E-state index contributed by atoms with van der Waals surface area (Å²) >= 11 is 0. The van der Waals surface area contributed by atoms with Crippen molar-refractivity contribution < 1.29 is 27.9 Å². The number of carbonyl (C=O) groups excluding carboxylic acids is 1. The zero-order valence-corrected chi connectivity index (χ0v) is 10.4. The van der Waals surface area contributed by atoms with E-state index in [1.807, 2.05) is 0 Å². The van der Waals surface area contributed by atoms with Crippen LogP contribution >= 0.6 is 0 Å². The molecule has 2 N–H and O–H groups in total. The molecule has 0 rings (SSSR count). The highest BCUT2D eigenvalue weighted by Crippen LogP contribution is 2.18. The van der Waals surface area contributed by atoms with Crippen LogP contribution in [0.2, 0.25) is 0 Å². The molecule has 0 saturated carbocycles. The Morgan fingerprint density at radius 1 is 1.33 bits per heavy atom. The highest BCUT2D eigenvalue weighted by Gasteiger charge is 2.34. The Morgan fingerprint density at radius 2 is 1.83 bits per heavy atom. The van der Waals surface area contributed by atoms with Crippen molar-refractivity contribution in [2.75, 3.05) is 13.1 Å². The lowest BCUT2D eigenvalue weighted by molar-refractivity contribution is -0.155. The molecule has 0 saturated heterocycles. The van der Waals surface area contributed by atoms with Gasteiger partial charge in [0.15, 0.2) is 0 Å². The standard InChI is InChI=1S/C10H17F3N2O3/c1-6(2)15(5-10(11,12)13)4-8(9(17)18)14-7(3)16/h6,8H,4-5H2,1-3H3,(H,14,16)(H,17,18). The number of carboxylic acids is 1. The van der Waals surface area contributed by atoms with Crippen molar-refractivity contribution in [1.29, 1.82) is 0 Å². The summed E-state index contributed by atoms with van der Waals surface area (Å²) in [6.45, 7) is 2.55. The molecule has 0 bridgehead atoms. The van der Waals surface area contributed by atoms with Gasteiger partial charge < -0.3 is 10.4 Å². The molecule has 1 unspecified atom stereocenters. The molecule has 0 heterocycles.